The Morgan fingerprint density at radius 3 is 2.36 bits per heavy atom. The number of aromatic nitrogens is 1. The van der Waals surface area contributed by atoms with Crippen molar-refractivity contribution >= 4 is 16.9 Å². The highest BCUT2D eigenvalue weighted by Crippen LogP contribution is 2.27. The summed E-state index contributed by atoms with van der Waals surface area (Å²) >= 11 is 0. The lowest BCUT2D eigenvalue weighted by atomic mass is 10.0. The average molecular weight is 335 g/mol. The van der Waals surface area contributed by atoms with E-state index in [-0.39, 0.29) is 5.56 Å². The molecule has 0 spiro atoms. The molecule has 3 aromatic rings. The molecule has 0 unspecified atom stereocenters. The van der Waals surface area contributed by atoms with Gasteiger partial charge in [0.15, 0.2) is 0 Å². The normalized spacial score (nSPS) is 10.9. The Morgan fingerprint density at radius 1 is 1.00 bits per heavy atom. The molecule has 0 aliphatic heterocycles. The van der Waals surface area contributed by atoms with Gasteiger partial charge in [-0.15, -0.1) is 0 Å². The van der Waals surface area contributed by atoms with Gasteiger partial charge in [0.05, 0.1) is 11.2 Å². The minimum absolute atomic E-state index is 0.151. The second kappa shape index (κ2) is 7.34. The van der Waals surface area contributed by atoms with Gasteiger partial charge in [-0.05, 0) is 24.1 Å². The van der Waals surface area contributed by atoms with Crippen molar-refractivity contribution in [3.05, 3.63) is 70.4 Å². The SMILES string of the molecule is CCCCCn1c(-c2ccccc2)c(C(=O)O)c(=O)c2ccccc21. The minimum atomic E-state index is -1.18. The maximum absolute atomic E-state index is 12.9. The van der Waals surface area contributed by atoms with Crippen LogP contribution in [-0.2, 0) is 6.54 Å². The van der Waals surface area contributed by atoms with E-state index in [1.165, 1.54) is 0 Å². The Kier molecular flexibility index (Phi) is 4.98. The largest absolute Gasteiger partial charge is 0.477 e. The molecule has 0 bridgehead atoms. The molecule has 2 aromatic carbocycles. The lowest BCUT2D eigenvalue weighted by Gasteiger charge is -2.19. The fourth-order valence-electron chi connectivity index (χ4n) is 3.25. The topological polar surface area (TPSA) is 59.3 Å². The predicted octanol–water partition coefficient (Wildman–Crippen LogP) is 4.56. The van der Waals surface area contributed by atoms with Crippen molar-refractivity contribution in [3.63, 3.8) is 0 Å². The van der Waals surface area contributed by atoms with Gasteiger partial charge in [-0.2, -0.15) is 0 Å². The molecule has 25 heavy (non-hydrogen) atoms. The first-order valence-corrected chi connectivity index (χ1v) is 8.59. The minimum Gasteiger partial charge on any atom is -0.477 e. The summed E-state index contributed by atoms with van der Waals surface area (Å²) in [6.07, 6.45) is 3.06. The van der Waals surface area contributed by atoms with Crippen LogP contribution in [0.5, 0.6) is 0 Å². The molecule has 0 saturated heterocycles. The standard InChI is InChI=1S/C21H21NO3/c1-2-3-9-14-22-17-13-8-7-12-16(17)20(23)18(21(24)25)19(22)15-10-5-4-6-11-15/h4-8,10-13H,2-3,9,14H2,1H3,(H,24,25). The van der Waals surface area contributed by atoms with Crippen molar-refractivity contribution in [1.82, 2.24) is 4.57 Å². The number of pyridine rings is 1. The number of carboxylic acid groups (broad SMARTS) is 1. The number of fused-ring (bicyclic) bond motifs is 1. The van der Waals surface area contributed by atoms with Crippen molar-refractivity contribution in [2.45, 2.75) is 32.7 Å². The average Bonchev–Trinajstić information content (AvgIpc) is 2.64. The van der Waals surface area contributed by atoms with E-state index >= 15 is 0 Å². The van der Waals surface area contributed by atoms with E-state index in [9.17, 15) is 14.7 Å². The number of carboxylic acids is 1. The second-order valence-corrected chi connectivity index (χ2v) is 6.10. The van der Waals surface area contributed by atoms with Gasteiger partial charge in [0.2, 0.25) is 5.43 Å². The van der Waals surface area contributed by atoms with Gasteiger partial charge in [-0.3, -0.25) is 4.79 Å². The number of unbranched alkanes of at least 4 members (excludes halogenated alkanes) is 2. The van der Waals surface area contributed by atoms with Gasteiger partial charge in [-0.25, -0.2) is 4.79 Å². The molecule has 0 aliphatic rings. The van der Waals surface area contributed by atoms with Crippen molar-refractivity contribution in [2.75, 3.05) is 0 Å². The number of hydrogen-bond donors (Lipinski definition) is 1. The third-order valence-corrected chi connectivity index (χ3v) is 4.42. The second-order valence-electron chi connectivity index (χ2n) is 6.10. The number of aryl methyl sites for hydroxylation is 1. The van der Waals surface area contributed by atoms with E-state index in [0.29, 0.717) is 17.6 Å². The Bertz CT molecular complexity index is 958. The summed E-state index contributed by atoms with van der Waals surface area (Å²) in [7, 11) is 0. The third-order valence-electron chi connectivity index (χ3n) is 4.42. The lowest BCUT2D eigenvalue weighted by molar-refractivity contribution is 0.0696. The number of para-hydroxylation sites is 1. The van der Waals surface area contributed by atoms with Crippen LogP contribution < -0.4 is 5.43 Å². The van der Waals surface area contributed by atoms with Gasteiger partial charge in [0.25, 0.3) is 0 Å². The Morgan fingerprint density at radius 2 is 1.68 bits per heavy atom. The molecule has 0 aliphatic carbocycles. The molecule has 4 heteroatoms. The molecule has 3 rings (SSSR count). The number of nitrogens with zero attached hydrogens (tertiary/aromatic N) is 1. The van der Waals surface area contributed by atoms with Crippen molar-refractivity contribution in [3.8, 4) is 11.3 Å². The fraction of sp³-hybridized carbons (Fsp3) is 0.238. The Hall–Kier alpha value is -2.88. The van der Waals surface area contributed by atoms with E-state index in [1.54, 1.807) is 12.1 Å². The van der Waals surface area contributed by atoms with Gasteiger partial charge in [-0.1, -0.05) is 62.2 Å². The number of benzene rings is 2. The van der Waals surface area contributed by atoms with E-state index in [1.807, 2.05) is 47.0 Å². The molecule has 0 saturated carbocycles. The smallest absolute Gasteiger partial charge is 0.341 e. The highest BCUT2D eigenvalue weighted by atomic mass is 16.4. The van der Waals surface area contributed by atoms with Crippen LogP contribution in [0.1, 0.15) is 36.5 Å². The maximum atomic E-state index is 12.9. The molecular formula is C21H21NO3. The summed E-state index contributed by atoms with van der Waals surface area (Å²) in [6, 6.07) is 16.5. The number of hydrogen-bond acceptors (Lipinski definition) is 2. The van der Waals surface area contributed by atoms with E-state index in [0.717, 1.165) is 30.3 Å². The summed E-state index contributed by atoms with van der Waals surface area (Å²) in [5.74, 6) is -1.18. The van der Waals surface area contributed by atoms with Crippen LogP contribution >= 0.6 is 0 Å². The highest BCUT2D eigenvalue weighted by molar-refractivity contribution is 5.99. The van der Waals surface area contributed by atoms with Gasteiger partial charge in [0.1, 0.15) is 5.56 Å². The zero-order valence-corrected chi connectivity index (χ0v) is 14.2. The van der Waals surface area contributed by atoms with Gasteiger partial charge in [0, 0.05) is 11.9 Å². The molecule has 128 valence electrons. The van der Waals surface area contributed by atoms with E-state index < -0.39 is 11.4 Å². The molecule has 1 aromatic heterocycles. The zero-order chi connectivity index (χ0) is 17.8. The van der Waals surface area contributed by atoms with Crippen molar-refractivity contribution in [2.24, 2.45) is 0 Å². The van der Waals surface area contributed by atoms with Crippen molar-refractivity contribution < 1.29 is 9.90 Å². The fourth-order valence-corrected chi connectivity index (χ4v) is 3.25. The predicted molar refractivity (Wildman–Crippen MR) is 100 cm³/mol. The van der Waals surface area contributed by atoms with Crippen molar-refractivity contribution in [1.29, 1.82) is 0 Å². The molecule has 1 heterocycles. The quantitative estimate of drug-likeness (QED) is 0.672. The zero-order valence-electron chi connectivity index (χ0n) is 14.2. The summed E-state index contributed by atoms with van der Waals surface area (Å²) in [6.45, 7) is 2.81. The van der Waals surface area contributed by atoms with Gasteiger partial charge < -0.3 is 9.67 Å². The Balaban J connectivity index is 2.39. The number of carbonyl (C=O) groups is 1. The first-order chi connectivity index (χ1) is 12.1. The summed E-state index contributed by atoms with van der Waals surface area (Å²) in [4.78, 5) is 24.8. The molecule has 0 amide bonds. The van der Waals surface area contributed by atoms with E-state index in [4.69, 9.17) is 0 Å². The summed E-state index contributed by atoms with van der Waals surface area (Å²) < 4.78 is 1.99. The molecule has 0 atom stereocenters. The molecule has 0 fully saturated rings. The highest BCUT2D eigenvalue weighted by Gasteiger charge is 2.22. The first kappa shape index (κ1) is 17.0. The monoisotopic (exact) mass is 335 g/mol. The van der Waals surface area contributed by atoms with Crippen LogP contribution in [0.15, 0.2) is 59.4 Å². The van der Waals surface area contributed by atoms with Crippen LogP contribution in [0.2, 0.25) is 0 Å². The van der Waals surface area contributed by atoms with Crippen LogP contribution in [0.25, 0.3) is 22.2 Å². The van der Waals surface area contributed by atoms with Crippen LogP contribution in [-0.4, -0.2) is 15.6 Å². The van der Waals surface area contributed by atoms with Crippen LogP contribution in [0.4, 0.5) is 0 Å². The molecular weight excluding hydrogens is 314 g/mol. The first-order valence-electron chi connectivity index (χ1n) is 8.59. The third kappa shape index (κ3) is 3.20. The van der Waals surface area contributed by atoms with Gasteiger partial charge >= 0.3 is 5.97 Å². The number of aromatic carboxylic acids is 1. The lowest BCUT2D eigenvalue weighted by Crippen LogP contribution is -2.22. The number of rotatable bonds is 6. The molecule has 4 nitrogen and oxygen atoms in total. The molecule has 0 radical (unpaired) electrons. The molecule has 1 N–H and O–H groups in total. The Labute approximate surface area is 146 Å². The van der Waals surface area contributed by atoms with Crippen LogP contribution in [0.3, 0.4) is 0 Å². The van der Waals surface area contributed by atoms with Crippen LogP contribution in [0, 0.1) is 0 Å². The summed E-state index contributed by atoms with van der Waals surface area (Å²) in [5, 5.41) is 10.2. The maximum Gasteiger partial charge on any atom is 0.341 e. The van der Waals surface area contributed by atoms with E-state index in [2.05, 4.69) is 6.92 Å². The summed E-state index contributed by atoms with van der Waals surface area (Å²) in [5.41, 5.74) is 1.45.